The van der Waals surface area contributed by atoms with Crippen molar-refractivity contribution in [2.45, 2.75) is 30.6 Å². The molecule has 0 aromatic carbocycles. The van der Waals surface area contributed by atoms with E-state index < -0.39 is 0 Å². The molecule has 2 heterocycles. The van der Waals surface area contributed by atoms with Crippen molar-refractivity contribution in [3.8, 4) is 6.07 Å². The summed E-state index contributed by atoms with van der Waals surface area (Å²) in [5.41, 5.74) is 6.15. The first-order valence-electron chi connectivity index (χ1n) is 5.64. The Labute approximate surface area is 113 Å². The molecule has 0 aliphatic carbocycles. The van der Waals surface area contributed by atoms with Gasteiger partial charge in [-0.05, 0) is 5.92 Å². The molecule has 2 atom stereocenters. The first-order chi connectivity index (χ1) is 8.67. The number of nitrogens with zero attached hydrogens (tertiary/aromatic N) is 5. The molecule has 2 aromatic rings. The van der Waals surface area contributed by atoms with Crippen molar-refractivity contribution in [1.29, 1.82) is 5.26 Å². The summed E-state index contributed by atoms with van der Waals surface area (Å²) in [5.74, 6) is 1.41. The van der Waals surface area contributed by atoms with Crippen LogP contribution in [0.15, 0.2) is 4.34 Å². The fraction of sp³-hybridized carbons (Fsp3) is 0.600. The van der Waals surface area contributed by atoms with Crippen molar-refractivity contribution in [1.82, 2.24) is 19.8 Å². The standard InChI is InChI=1S/C10H14N6S2/c1-3-6(2)7(12)8-13-14-9-16(8)15-10(18-9)17-5-4-11/h6-7H,3,5,12H2,1-2H3. The van der Waals surface area contributed by atoms with Crippen LogP contribution < -0.4 is 5.73 Å². The molecule has 0 spiro atoms. The molecule has 0 saturated carbocycles. The second-order valence-corrected chi connectivity index (χ2v) is 6.16. The van der Waals surface area contributed by atoms with E-state index in [-0.39, 0.29) is 6.04 Å². The highest BCUT2D eigenvalue weighted by atomic mass is 32.2. The maximum Gasteiger partial charge on any atom is 0.235 e. The van der Waals surface area contributed by atoms with Gasteiger partial charge < -0.3 is 5.73 Å². The summed E-state index contributed by atoms with van der Waals surface area (Å²) in [6, 6.07) is 1.91. The van der Waals surface area contributed by atoms with Gasteiger partial charge in [-0.25, -0.2) is 0 Å². The van der Waals surface area contributed by atoms with E-state index in [1.165, 1.54) is 23.1 Å². The average molecular weight is 282 g/mol. The van der Waals surface area contributed by atoms with Gasteiger partial charge >= 0.3 is 0 Å². The lowest BCUT2D eigenvalue weighted by Gasteiger charge is -2.15. The minimum atomic E-state index is -0.166. The Morgan fingerprint density at radius 1 is 1.56 bits per heavy atom. The Kier molecular flexibility index (Phi) is 4.16. The van der Waals surface area contributed by atoms with Crippen LogP contribution in [0.25, 0.3) is 4.96 Å². The summed E-state index contributed by atoms with van der Waals surface area (Å²) in [6.07, 6.45) is 0.982. The lowest BCUT2D eigenvalue weighted by Crippen LogP contribution is -2.21. The molecule has 96 valence electrons. The second-order valence-electron chi connectivity index (χ2n) is 3.98. The summed E-state index contributed by atoms with van der Waals surface area (Å²) >= 11 is 2.83. The number of aromatic nitrogens is 4. The van der Waals surface area contributed by atoms with Crippen molar-refractivity contribution < 1.29 is 0 Å². The summed E-state index contributed by atoms with van der Waals surface area (Å²) in [5, 5.41) is 21.1. The maximum atomic E-state index is 8.55. The van der Waals surface area contributed by atoms with Crippen molar-refractivity contribution >= 4 is 28.1 Å². The van der Waals surface area contributed by atoms with E-state index in [9.17, 15) is 0 Å². The van der Waals surface area contributed by atoms with Gasteiger partial charge in [0.15, 0.2) is 10.2 Å². The zero-order valence-electron chi connectivity index (χ0n) is 10.2. The third-order valence-electron chi connectivity index (χ3n) is 2.81. The number of thioether (sulfide) groups is 1. The molecule has 8 heteroatoms. The van der Waals surface area contributed by atoms with Crippen LogP contribution in [0.2, 0.25) is 0 Å². The maximum absolute atomic E-state index is 8.55. The summed E-state index contributed by atoms with van der Waals surface area (Å²) in [7, 11) is 0. The fourth-order valence-corrected chi connectivity index (χ4v) is 3.03. The van der Waals surface area contributed by atoms with E-state index in [1.807, 2.05) is 0 Å². The van der Waals surface area contributed by atoms with Gasteiger partial charge in [0.05, 0.1) is 17.9 Å². The first-order valence-corrected chi connectivity index (χ1v) is 7.45. The zero-order chi connectivity index (χ0) is 13.1. The third kappa shape index (κ3) is 2.48. The van der Waals surface area contributed by atoms with E-state index in [1.54, 1.807) is 4.52 Å². The molecular formula is C10H14N6S2. The predicted molar refractivity (Wildman–Crippen MR) is 71.4 cm³/mol. The smallest absolute Gasteiger partial charge is 0.235 e. The van der Waals surface area contributed by atoms with Crippen LogP contribution in [0.1, 0.15) is 32.1 Å². The Morgan fingerprint density at radius 3 is 3.00 bits per heavy atom. The van der Waals surface area contributed by atoms with Crippen LogP contribution in [0.3, 0.4) is 0 Å². The van der Waals surface area contributed by atoms with Gasteiger partial charge in [0.25, 0.3) is 0 Å². The zero-order valence-corrected chi connectivity index (χ0v) is 11.8. The number of nitrogens with two attached hydrogens (primary N) is 1. The van der Waals surface area contributed by atoms with Gasteiger partial charge in [-0.2, -0.15) is 9.78 Å². The van der Waals surface area contributed by atoms with E-state index in [2.05, 4.69) is 35.2 Å². The van der Waals surface area contributed by atoms with Crippen molar-refractivity contribution in [2.75, 3.05) is 5.75 Å². The van der Waals surface area contributed by atoms with E-state index in [0.29, 0.717) is 17.5 Å². The highest BCUT2D eigenvalue weighted by Crippen LogP contribution is 2.27. The highest BCUT2D eigenvalue weighted by Gasteiger charge is 2.21. The Balaban J connectivity index is 2.29. The molecule has 0 saturated heterocycles. The predicted octanol–water partition coefficient (Wildman–Crippen LogP) is 1.85. The van der Waals surface area contributed by atoms with Crippen LogP contribution in [0, 0.1) is 17.2 Å². The highest BCUT2D eigenvalue weighted by molar-refractivity contribution is 8.01. The Morgan fingerprint density at radius 2 is 2.33 bits per heavy atom. The number of rotatable bonds is 5. The van der Waals surface area contributed by atoms with Gasteiger partial charge in [-0.3, -0.25) is 0 Å². The van der Waals surface area contributed by atoms with Crippen LogP contribution in [0.5, 0.6) is 0 Å². The average Bonchev–Trinajstić information content (AvgIpc) is 2.93. The summed E-state index contributed by atoms with van der Waals surface area (Å²) in [4.78, 5) is 0.726. The monoisotopic (exact) mass is 282 g/mol. The molecule has 0 aliphatic rings. The van der Waals surface area contributed by atoms with Gasteiger partial charge in [-0.15, -0.1) is 15.3 Å². The molecule has 0 aliphatic heterocycles. The number of hydrogen-bond acceptors (Lipinski definition) is 7. The lowest BCUT2D eigenvalue weighted by molar-refractivity contribution is 0.431. The molecule has 2 rings (SSSR count). The van der Waals surface area contributed by atoms with Crippen LogP contribution in [-0.2, 0) is 0 Å². The first kappa shape index (κ1) is 13.3. The normalized spacial score (nSPS) is 14.6. The minimum absolute atomic E-state index is 0.166. The number of fused-ring (bicyclic) bond motifs is 1. The fourth-order valence-electron chi connectivity index (χ4n) is 1.48. The Hall–Kier alpha value is -1.17. The number of nitriles is 1. The van der Waals surface area contributed by atoms with Crippen molar-refractivity contribution in [3.05, 3.63) is 5.82 Å². The third-order valence-corrected chi connectivity index (χ3v) is 4.71. The Bertz CT molecular complexity index is 568. The molecule has 18 heavy (non-hydrogen) atoms. The summed E-state index contributed by atoms with van der Waals surface area (Å²) in [6.45, 7) is 4.18. The quantitative estimate of drug-likeness (QED) is 0.841. The van der Waals surface area contributed by atoms with Crippen molar-refractivity contribution in [2.24, 2.45) is 11.7 Å². The van der Waals surface area contributed by atoms with E-state index >= 15 is 0 Å². The molecule has 6 nitrogen and oxygen atoms in total. The van der Waals surface area contributed by atoms with Crippen LogP contribution in [-0.4, -0.2) is 25.6 Å². The molecule has 0 amide bonds. The largest absolute Gasteiger partial charge is 0.321 e. The molecule has 2 N–H and O–H groups in total. The van der Waals surface area contributed by atoms with E-state index in [4.69, 9.17) is 11.0 Å². The van der Waals surface area contributed by atoms with Gasteiger partial charge in [0, 0.05) is 0 Å². The van der Waals surface area contributed by atoms with Gasteiger partial charge in [0.2, 0.25) is 4.96 Å². The topological polar surface area (TPSA) is 92.9 Å². The molecular weight excluding hydrogens is 268 g/mol. The van der Waals surface area contributed by atoms with E-state index in [0.717, 1.165) is 15.7 Å². The summed E-state index contributed by atoms with van der Waals surface area (Å²) < 4.78 is 2.51. The molecule has 0 fully saturated rings. The number of hydrogen-bond donors (Lipinski definition) is 1. The molecule has 0 bridgehead atoms. The molecule has 2 aromatic heterocycles. The van der Waals surface area contributed by atoms with Crippen LogP contribution >= 0.6 is 23.1 Å². The second kappa shape index (κ2) is 5.65. The van der Waals surface area contributed by atoms with Crippen LogP contribution in [0.4, 0.5) is 0 Å². The van der Waals surface area contributed by atoms with Gasteiger partial charge in [-0.1, -0.05) is 43.4 Å². The van der Waals surface area contributed by atoms with Gasteiger partial charge in [0.1, 0.15) is 0 Å². The van der Waals surface area contributed by atoms with Crippen molar-refractivity contribution in [3.63, 3.8) is 0 Å². The minimum Gasteiger partial charge on any atom is -0.321 e. The molecule has 0 radical (unpaired) electrons. The molecule has 2 unspecified atom stereocenters. The lowest BCUT2D eigenvalue weighted by atomic mass is 10.00. The SMILES string of the molecule is CCC(C)C(N)c1nnc2sc(SCC#N)nn12.